The first-order valence-corrected chi connectivity index (χ1v) is 7.09. The van der Waals surface area contributed by atoms with Gasteiger partial charge in [0.2, 0.25) is 12.7 Å². The highest BCUT2D eigenvalue weighted by molar-refractivity contribution is 5.77. The number of nitrogens with one attached hydrogen (secondary N) is 1. The first kappa shape index (κ1) is 13.2. The maximum absolute atomic E-state index is 12.0. The van der Waals surface area contributed by atoms with Crippen molar-refractivity contribution in [3.63, 3.8) is 0 Å². The Morgan fingerprint density at radius 1 is 1.25 bits per heavy atom. The van der Waals surface area contributed by atoms with E-state index < -0.39 is 0 Å². The second-order valence-corrected chi connectivity index (χ2v) is 5.71. The van der Waals surface area contributed by atoms with E-state index in [0.717, 1.165) is 42.7 Å². The minimum absolute atomic E-state index is 0.0204. The molecule has 3 N–H and O–H groups in total. The third-order valence-electron chi connectivity index (χ3n) is 4.04. The lowest BCUT2D eigenvalue weighted by Gasteiger charge is -2.22. The Hall–Kier alpha value is -1.75. The van der Waals surface area contributed by atoms with Crippen LogP contribution in [0.25, 0.3) is 0 Å². The van der Waals surface area contributed by atoms with Gasteiger partial charge in [0.15, 0.2) is 11.5 Å². The van der Waals surface area contributed by atoms with Crippen molar-refractivity contribution in [2.24, 2.45) is 5.73 Å². The summed E-state index contributed by atoms with van der Waals surface area (Å²) in [6.07, 6.45) is 4.57. The van der Waals surface area contributed by atoms with Gasteiger partial charge in [-0.05, 0) is 30.5 Å². The van der Waals surface area contributed by atoms with Crippen LogP contribution in [0, 0.1) is 0 Å². The van der Waals surface area contributed by atoms with E-state index in [0.29, 0.717) is 13.0 Å². The molecule has 0 atom stereocenters. The van der Waals surface area contributed by atoms with Crippen LogP contribution < -0.4 is 20.5 Å². The van der Waals surface area contributed by atoms with Crippen LogP contribution in [0.2, 0.25) is 0 Å². The summed E-state index contributed by atoms with van der Waals surface area (Å²) in [4.78, 5) is 12.0. The molecule has 1 fully saturated rings. The zero-order valence-electron chi connectivity index (χ0n) is 11.5. The van der Waals surface area contributed by atoms with Gasteiger partial charge in [-0.1, -0.05) is 18.9 Å². The van der Waals surface area contributed by atoms with Crippen LogP contribution in [0.15, 0.2) is 18.2 Å². The molecule has 0 radical (unpaired) electrons. The SMILES string of the molecule is NC1(CC(=O)NCc2ccc3c(c2)OCO3)CCCC1. The molecular weight excluding hydrogens is 256 g/mol. The Kier molecular flexibility index (Phi) is 3.53. The summed E-state index contributed by atoms with van der Waals surface area (Å²) in [7, 11) is 0. The fourth-order valence-corrected chi connectivity index (χ4v) is 2.89. The molecule has 0 saturated heterocycles. The van der Waals surface area contributed by atoms with Crippen LogP contribution in [-0.4, -0.2) is 18.2 Å². The molecule has 5 heteroatoms. The lowest BCUT2D eigenvalue weighted by atomic mass is 9.94. The Balaban J connectivity index is 1.52. The van der Waals surface area contributed by atoms with Crippen molar-refractivity contribution in [2.45, 2.75) is 44.2 Å². The maximum Gasteiger partial charge on any atom is 0.231 e. The van der Waals surface area contributed by atoms with Crippen LogP contribution in [-0.2, 0) is 11.3 Å². The van der Waals surface area contributed by atoms with Gasteiger partial charge in [0.1, 0.15) is 0 Å². The summed E-state index contributed by atoms with van der Waals surface area (Å²) in [5.41, 5.74) is 6.91. The van der Waals surface area contributed by atoms with E-state index in [1.165, 1.54) is 0 Å². The van der Waals surface area contributed by atoms with E-state index in [1.807, 2.05) is 18.2 Å². The summed E-state index contributed by atoms with van der Waals surface area (Å²) >= 11 is 0. The summed E-state index contributed by atoms with van der Waals surface area (Å²) in [5, 5.41) is 2.93. The summed E-state index contributed by atoms with van der Waals surface area (Å²) in [6, 6.07) is 5.70. The largest absolute Gasteiger partial charge is 0.454 e. The molecule has 1 aliphatic carbocycles. The Bertz CT molecular complexity index is 510. The van der Waals surface area contributed by atoms with E-state index in [-0.39, 0.29) is 18.2 Å². The van der Waals surface area contributed by atoms with E-state index >= 15 is 0 Å². The maximum atomic E-state index is 12.0. The molecule has 1 aliphatic heterocycles. The van der Waals surface area contributed by atoms with Gasteiger partial charge < -0.3 is 20.5 Å². The first-order chi connectivity index (χ1) is 9.65. The molecule has 1 aromatic carbocycles. The third kappa shape index (κ3) is 2.88. The van der Waals surface area contributed by atoms with Crippen molar-refractivity contribution < 1.29 is 14.3 Å². The van der Waals surface area contributed by atoms with Crippen LogP contribution in [0.1, 0.15) is 37.7 Å². The van der Waals surface area contributed by atoms with E-state index in [1.54, 1.807) is 0 Å². The average molecular weight is 276 g/mol. The number of amides is 1. The predicted molar refractivity (Wildman–Crippen MR) is 74.4 cm³/mol. The normalized spacial score (nSPS) is 19.1. The topological polar surface area (TPSA) is 73.6 Å². The number of ether oxygens (including phenoxy) is 2. The van der Waals surface area contributed by atoms with E-state index in [9.17, 15) is 4.79 Å². The number of benzene rings is 1. The zero-order valence-corrected chi connectivity index (χ0v) is 11.5. The molecule has 0 unspecified atom stereocenters. The number of fused-ring (bicyclic) bond motifs is 1. The smallest absolute Gasteiger partial charge is 0.231 e. The predicted octanol–water partition coefficient (Wildman–Crippen LogP) is 1.69. The molecule has 0 bridgehead atoms. The summed E-state index contributed by atoms with van der Waals surface area (Å²) in [6.45, 7) is 0.756. The number of nitrogens with two attached hydrogens (primary N) is 1. The second kappa shape index (κ2) is 5.32. The van der Waals surface area contributed by atoms with Gasteiger partial charge in [0, 0.05) is 18.5 Å². The Morgan fingerprint density at radius 3 is 2.80 bits per heavy atom. The summed E-state index contributed by atoms with van der Waals surface area (Å²) < 4.78 is 10.6. The van der Waals surface area contributed by atoms with Crippen molar-refractivity contribution in [3.05, 3.63) is 23.8 Å². The fourth-order valence-electron chi connectivity index (χ4n) is 2.89. The Labute approximate surface area is 118 Å². The molecule has 0 aromatic heterocycles. The highest BCUT2D eigenvalue weighted by Gasteiger charge is 2.31. The minimum Gasteiger partial charge on any atom is -0.454 e. The molecule has 20 heavy (non-hydrogen) atoms. The van der Waals surface area contributed by atoms with Gasteiger partial charge >= 0.3 is 0 Å². The third-order valence-corrected chi connectivity index (χ3v) is 4.04. The van der Waals surface area contributed by atoms with Crippen LogP contribution in [0.4, 0.5) is 0 Å². The number of carbonyl (C=O) groups excluding carboxylic acids is 1. The molecule has 0 spiro atoms. The molecule has 1 heterocycles. The minimum atomic E-state index is -0.293. The lowest BCUT2D eigenvalue weighted by molar-refractivity contribution is -0.122. The molecular formula is C15H20N2O3. The van der Waals surface area contributed by atoms with Gasteiger partial charge in [-0.2, -0.15) is 0 Å². The van der Waals surface area contributed by atoms with Crippen molar-refractivity contribution in [1.29, 1.82) is 0 Å². The van der Waals surface area contributed by atoms with Crippen molar-refractivity contribution in [3.8, 4) is 11.5 Å². The zero-order chi connectivity index (χ0) is 14.0. The Morgan fingerprint density at radius 2 is 2.00 bits per heavy atom. The van der Waals surface area contributed by atoms with Crippen molar-refractivity contribution in [2.75, 3.05) is 6.79 Å². The molecule has 1 saturated carbocycles. The lowest BCUT2D eigenvalue weighted by Crippen LogP contribution is -2.41. The molecule has 1 amide bonds. The monoisotopic (exact) mass is 276 g/mol. The van der Waals surface area contributed by atoms with Crippen LogP contribution in [0.3, 0.4) is 0 Å². The molecule has 2 aliphatic rings. The average Bonchev–Trinajstić information content (AvgIpc) is 3.04. The van der Waals surface area contributed by atoms with Crippen LogP contribution in [0.5, 0.6) is 11.5 Å². The highest BCUT2D eigenvalue weighted by atomic mass is 16.7. The van der Waals surface area contributed by atoms with E-state index in [4.69, 9.17) is 15.2 Å². The number of rotatable bonds is 4. The summed E-state index contributed by atoms with van der Waals surface area (Å²) in [5.74, 6) is 1.52. The van der Waals surface area contributed by atoms with Gasteiger partial charge in [0.05, 0.1) is 0 Å². The van der Waals surface area contributed by atoms with Crippen molar-refractivity contribution >= 4 is 5.91 Å². The second-order valence-electron chi connectivity index (χ2n) is 5.71. The molecule has 3 rings (SSSR count). The molecule has 5 nitrogen and oxygen atoms in total. The quantitative estimate of drug-likeness (QED) is 0.877. The van der Waals surface area contributed by atoms with Crippen molar-refractivity contribution in [1.82, 2.24) is 5.32 Å². The van der Waals surface area contributed by atoms with Gasteiger partial charge in [-0.15, -0.1) is 0 Å². The van der Waals surface area contributed by atoms with Gasteiger partial charge in [-0.25, -0.2) is 0 Å². The number of carbonyl (C=O) groups is 1. The number of hydrogen-bond donors (Lipinski definition) is 2. The molecule has 108 valence electrons. The fraction of sp³-hybridized carbons (Fsp3) is 0.533. The molecule has 1 aromatic rings. The first-order valence-electron chi connectivity index (χ1n) is 7.09. The highest BCUT2D eigenvalue weighted by Crippen LogP contribution is 2.32. The van der Waals surface area contributed by atoms with Crippen LogP contribution >= 0.6 is 0 Å². The van der Waals surface area contributed by atoms with E-state index in [2.05, 4.69) is 5.32 Å². The van der Waals surface area contributed by atoms with Gasteiger partial charge in [-0.3, -0.25) is 4.79 Å². The van der Waals surface area contributed by atoms with Gasteiger partial charge in [0.25, 0.3) is 0 Å². The standard InChI is InChI=1S/C15H20N2O3/c16-15(5-1-2-6-15)8-14(18)17-9-11-3-4-12-13(7-11)20-10-19-12/h3-4,7H,1-2,5-6,8-10,16H2,(H,17,18). The number of hydrogen-bond acceptors (Lipinski definition) is 4.